The van der Waals surface area contributed by atoms with E-state index in [0.29, 0.717) is 19.1 Å². The zero-order valence-corrected chi connectivity index (χ0v) is 16.1. The quantitative estimate of drug-likeness (QED) is 0.624. The summed E-state index contributed by atoms with van der Waals surface area (Å²) in [7, 11) is 0. The number of nitrogens with one attached hydrogen (secondary N) is 1. The molecule has 0 aliphatic heterocycles. The molecule has 1 aromatic heterocycles. The van der Waals surface area contributed by atoms with Crippen molar-refractivity contribution in [2.45, 2.75) is 32.4 Å². The average molecular weight is 372 g/mol. The minimum Gasteiger partial charge on any atom is -0.367 e. The van der Waals surface area contributed by atoms with E-state index in [4.69, 9.17) is 0 Å². The molecule has 1 saturated carbocycles. The molecule has 1 heterocycles. The standard InChI is InChI=1S/C23H24N4O/c1-3-11-27(16(2)28)14-17-5-4-6-18(12-17)19-7-10-22-21(13-19)23(25-15-24-22)26-20-8-9-20/h3-7,10,12-13,15,20H,1,8-9,11,14H2,2H3,(H,24,25,26). The Hall–Kier alpha value is -3.21. The highest BCUT2D eigenvalue weighted by atomic mass is 16.2. The molecule has 1 N–H and O–H groups in total. The highest BCUT2D eigenvalue weighted by Crippen LogP contribution is 2.30. The van der Waals surface area contributed by atoms with E-state index in [1.54, 1.807) is 24.2 Å². The van der Waals surface area contributed by atoms with Gasteiger partial charge < -0.3 is 10.2 Å². The predicted molar refractivity (Wildman–Crippen MR) is 113 cm³/mol. The first-order chi connectivity index (χ1) is 13.6. The minimum absolute atomic E-state index is 0.0453. The van der Waals surface area contributed by atoms with E-state index >= 15 is 0 Å². The van der Waals surface area contributed by atoms with Gasteiger partial charge in [0.25, 0.3) is 0 Å². The first kappa shape index (κ1) is 18.2. The van der Waals surface area contributed by atoms with Crippen molar-refractivity contribution in [3.8, 4) is 11.1 Å². The van der Waals surface area contributed by atoms with Crippen LogP contribution in [0.4, 0.5) is 5.82 Å². The molecule has 1 aliphatic carbocycles. The summed E-state index contributed by atoms with van der Waals surface area (Å²) >= 11 is 0. The fraction of sp³-hybridized carbons (Fsp3) is 0.261. The lowest BCUT2D eigenvalue weighted by Gasteiger charge is -2.19. The molecule has 5 heteroatoms. The van der Waals surface area contributed by atoms with Crippen LogP contribution in [0.2, 0.25) is 0 Å². The monoisotopic (exact) mass is 372 g/mol. The molecule has 0 radical (unpaired) electrons. The van der Waals surface area contributed by atoms with Crippen molar-refractivity contribution in [1.29, 1.82) is 0 Å². The fourth-order valence-electron chi connectivity index (χ4n) is 3.30. The summed E-state index contributed by atoms with van der Waals surface area (Å²) in [5.74, 6) is 0.947. The molecule has 0 bridgehead atoms. The van der Waals surface area contributed by atoms with Crippen LogP contribution in [0, 0.1) is 0 Å². The van der Waals surface area contributed by atoms with Crippen LogP contribution in [0.3, 0.4) is 0 Å². The third-order valence-corrected chi connectivity index (χ3v) is 4.98. The molecule has 3 aromatic rings. The topological polar surface area (TPSA) is 58.1 Å². The van der Waals surface area contributed by atoms with Crippen LogP contribution >= 0.6 is 0 Å². The van der Waals surface area contributed by atoms with Gasteiger partial charge in [-0.15, -0.1) is 6.58 Å². The van der Waals surface area contributed by atoms with Crippen LogP contribution in [0.5, 0.6) is 0 Å². The number of carbonyl (C=O) groups is 1. The molecule has 1 aliphatic rings. The second-order valence-corrected chi connectivity index (χ2v) is 7.26. The van der Waals surface area contributed by atoms with Gasteiger partial charge in [0.1, 0.15) is 12.1 Å². The average Bonchev–Trinajstić information content (AvgIpc) is 3.52. The van der Waals surface area contributed by atoms with E-state index in [1.807, 2.05) is 18.2 Å². The molecule has 142 valence electrons. The van der Waals surface area contributed by atoms with Gasteiger partial charge in [-0.3, -0.25) is 4.79 Å². The number of nitrogens with zero attached hydrogens (tertiary/aromatic N) is 3. The van der Waals surface area contributed by atoms with Gasteiger partial charge in [-0.05, 0) is 47.7 Å². The summed E-state index contributed by atoms with van der Waals surface area (Å²) in [6.45, 7) is 6.44. The number of hydrogen-bond donors (Lipinski definition) is 1. The zero-order valence-electron chi connectivity index (χ0n) is 16.1. The Bertz CT molecular complexity index is 1030. The maximum Gasteiger partial charge on any atom is 0.220 e. The summed E-state index contributed by atoms with van der Waals surface area (Å²) in [5.41, 5.74) is 4.26. The van der Waals surface area contributed by atoms with Gasteiger partial charge in [-0.2, -0.15) is 0 Å². The Labute approximate surface area is 165 Å². The number of aromatic nitrogens is 2. The Morgan fingerprint density at radius 1 is 1.21 bits per heavy atom. The van der Waals surface area contributed by atoms with Crippen molar-refractivity contribution in [3.05, 3.63) is 67.0 Å². The van der Waals surface area contributed by atoms with Crippen LogP contribution in [0.25, 0.3) is 22.0 Å². The number of benzene rings is 2. The second kappa shape index (κ2) is 7.80. The van der Waals surface area contributed by atoms with Gasteiger partial charge in [-0.1, -0.05) is 30.3 Å². The Morgan fingerprint density at radius 2 is 2.04 bits per heavy atom. The minimum atomic E-state index is 0.0453. The fourth-order valence-corrected chi connectivity index (χ4v) is 3.30. The zero-order chi connectivity index (χ0) is 19.5. The lowest BCUT2D eigenvalue weighted by Crippen LogP contribution is -2.28. The molecule has 4 rings (SSSR count). The molecular formula is C23H24N4O. The number of anilines is 1. The van der Waals surface area contributed by atoms with E-state index in [0.717, 1.165) is 33.4 Å². The molecule has 0 saturated heterocycles. The Kier molecular flexibility index (Phi) is 5.06. The SMILES string of the molecule is C=CCN(Cc1cccc(-c2ccc3ncnc(NC4CC4)c3c2)c1)C(C)=O. The molecule has 0 unspecified atom stereocenters. The highest BCUT2D eigenvalue weighted by molar-refractivity contribution is 5.92. The molecule has 28 heavy (non-hydrogen) atoms. The lowest BCUT2D eigenvalue weighted by atomic mass is 10.0. The van der Waals surface area contributed by atoms with Gasteiger partial charge in [-0.25, -0.2) is 9.97 Å². The third-order valence-electron chi connectivity index (χ3n) is 4.98. The van der Waals surface area contributed by atoms with Gasteiger partial charge in [0.2, 0.25) is 5.91 Å². The number of hydrogen-bond acceptors (Lipinski definition) is 4. The molecular weight excluding hydrogens is 348 g/mol. The lowest BCUT2D eigenvalue weighted by molar-refractivity contribution is -0.128. The summed E-state index contributed by atoms with van der Waals surface area (Å²) in [5, 5.41) is 4.53. The molecule has 1 fully saturated rings. The van der Waals surface area contributed by atoms with Gasteiger partial charge in [0.15, 0.2) is 0 Å². The second-order valence-electron chi connectivity index (χ2n) is 7.26. The summed E-state index contributed by atoms with van der Waals surface area (Å²) in [6.07, 6.45) is 5.77. The van der Waals surface area contributed by atoms with Crippen LogP contribution in [-0.2, 0) is 11.3 Å². The van der Waals surface area contributed by atoms with Crippen molar-refractivity contribution in [3.63, 3.8) is 0 Å². The van der Waals surface area contributed by atoms with Crippen molar-refractivity contribution in [1.82, 2.24) is 14.9 Å². The molecule has 1 amide bonds. The first-order valence-electron chi connectivity index (χ1n) is 9.61. The van der Waals surface area contributed by atoms with E-state index in [2.05, 4.69) is 46.1 Å². The maximum atomic E-state index is 11.8. The first-order valence-corrected chi connectivity index (χ1v) is 9.61. The van der Waals surface area contributed by atoms with E-state index in [-0.39, 0.29) is 5.91 Å². The van der Waals surface area contributed by atoms with E-state index in [9.17, 15) is 4.79 Å². The number of rotatable bonds is 7. The Balaban J connectivity index is 1.65. The van der Waals surface area contributed by atoms with E-state index < -0.39 is 0 Å². The molecule has 2 aromatic carbocycles. The predicted octanol–water partition coefficient (Wildman–Crippen LogP) is 4.41. The Morgan fingerprint density at radius 3 is 2.79 bits per heavy atom. The maximum absolute atomic E-state index is 11.8. The number of amides is 1. The smallest absolute Gasteiger partial charge is 0.220 e. The van der Waals surface area contributed by atoms with Crippen LogP contribution in [-0.4, -0.2) is 33.4 Å². The number of fused-ring (bicyclic) bond motifs is 1. The van der Waals surface area contributed by atoms with Gasteiger partial charge in [0, 0.05) is 31.4 Å². The van der Waals surface area contributed by atoms with Crippen molar-refractivity contribution in [2.75, 3.05) is 11.9 Å². The van der Waals surface area contributed by atoms with Crippen LogP contribution in [0.1, 0.15) is 25.3 Å². The van der Waals surface area contributed by atoms with Gasteiger partial charge in [0.05, 0.1) is 5.52 Å². The van der Waals surface area contributed by atoms with E-state index in [1.165, 1.54) is 12.8 Å². The number of carbonyl (C=O) groups excluding carboxylic acids is 1. The third kappa shape index (κ3) is 4.03. The normalized spacial score (nSPS) is 13.3. The van der Waals surface area contributed by atoms with Crippen LogP contribution < -0.4 is 5.32 Å². The molecule has 0 atom stereocenters. The summed E-state index contributed by atoms with van der Waals surface area (Å²) in [4.78, 5) is 22.4. The van der Waals surface area contributed by atoms with Crippen molar-refractivity contribution < 1.29 is 4.79 Å². The molecule has 5 nitrogen and oxygen atoms in total. The summed E-state index contributed by atoms with van der Waals surface area (Å²) in [6, 6.07) is 15.1. The van der Waals surface area contributed by atoms with Crippen LogP contribution in [0.15, 0.2) is 61.4 Å². The molecule has 0 spiro atoms. The van der Waals surface area contributed by atoms with Crippen molar-refractivity contribution >= 4 is 22.6 Å². The summed E-state index contributed by atoms with van der Waals surface area (Å²) < 4.78 is 0. The largest absolute Gasteiger partial charge is 0.367 e. The van der Waals surface area contributed by atoms with Gasteiger partial charge >= 0.3 is 0 Å². The van der Waals surface area contributed by atoms with Crippen molar-refractivity contribution in [2.24, 2.45) is 0 Å². The highest BCUT2D eigenvalue weighted by Gasteiger charge is 2.22.